The lowest BCUT2D eigenvalue weighted by Gasteiger charge is -2.13. The van der Waals surface area contributed by atoms with Crippen molar-refractivity contribution in [3.63, 3.8) is 0 Å². The third kappa shape index (κ3) is 5.75. The summed E-state index contributed by atoms with van der Waals surface area (Å²) in [6.45, 7) is -0.0535. The second kappa shape index (κ2) is 10.8. The third-order valence-electron chi connectivity index (χ3n) is 5.83. The van der Waals surface area contributed by atoms with E-state index in [1.165, 1.54) is 24.4 Å². The highest BCUT2D eigenvalue weighted by molar-refractivity contribution is 9.10. The summed E-state index contributed by atoms with van der Waals surface area (Å²) in [6.07, 6.45) is -3.24. The number of fused-ring (bicyclic) bond motifs is 1. The van der Waals surface area contributed by atoms with Crippen LogP contribution < -0.4 is 10.3 Å². The maximum Gasteiger partial charge on any atom is 0.416 e. The standard InChI is InChI=1S/C29H18BrF4N3O2/c30-22-12-13-26(39-17-19-6-1-3-10-24(19)31)20(15-22)16-35-37-27(18-7-5-8-21(14-18)29(32,33)34)36-25-11-4-2-9-23(25)28(37)38/h1-16H,17H2. The van der Waals surface area contributed by atoms with Crippen molar-refractivity contribution in [2.45, 2.75) is 12.8 Å². The van der Waals surface area contributed by atoms with Gasteiger partial charge in [-0.15, -0.1) is 0 Å². The van der Waals surface area contributed by atoms with Crippen LogP contribution in [-0.4, -0.2) is 15.9 Å². The van der Waals surface area contributed by atoms with E-state index in [-0.39, 0.29) is 23.4 Å². The Balaban J connectivity index is 1.60. The Morgan fingerprint density at radius 1 is 0.949 bits per heavy atom. The zero-order valence-corrected chi connectivity index (χ0v) is 21.6. The summed E-state index contributed by atoms with van der Waals surface area (Å²) in [6, 6.07) is 22.3. The minimum absolute atomic E-state index is 0.0535. The number of halogens is 5. The molecule has 5 aromatic rings. The first-order valence-corrected chi connectivity index (χ1v) is 12.4. The van der Waals surface area contributed by atoms with Gasteiger partial charge in [0.05, 0.1) is 22.7 Å². The van der Waals surface area contributed by atoms with E-state index in [9.17, 15) is 22.4 Å². The summed E-state index contributed by atoms with van der Waals surface area (Å²) in [4.78, 5) is 17.9. The van der Waals surface area contributed by atoms with Crippen molar-refractivity contribution in [3.8, 4) is 17.1 Å². The van der Waals surface area contributed by atoms with Gasteiger partial charge in [-0.05, 0) is 48.5 Å². The van der Waals surface area contributed by atoms with Crippen LogP contribution in [0.15, 0.2) is 105 Å². The fraction of sp³-hybridized carbons (Fsp3) is 0.0690. The van der Waals surface area contributed by atoms with Gasteiger partial charge in [0.25, 0.3) is 5.56 Å². The predicted octanol–water partition coefficient (Wildman–Crippen LogP) is 7.45. The Morgan fingerprint density at radius 2 is 1.72 bits per heavy atom. The maximum absolute atomic E-state index is 14.1. The van der Waals surface area contributed by atoms with Crippen LogP contribution in [0.2, 0.25) is 0 Å². The zero-order chi connectivity index (χ0) is 27.6. The van der Waals surface area contributed by atoms with E-state index in [4.69, 9.17) is 4.74 Å². The molecule has 5 rings (SSSR count). The Hall–Kier alpha value is -4.31. The first kappa shape index (κ1) is 26.3. The number of nitrogens with zero attached hydrogens (tertiary/aromatic N) is 3. The van der Waals surface area contributed by atoms with Gasteiger partial charge in [-0.25, -0.2) is 9.37 Å². The first-order valence-electron chi connectivity index (χ1n) is 11.6. The molecule has 0 fully saturated rings. The molecule has 1 heterocycles. The summed E-state index contributed by atoms with van der Waals surface area (Å²) >= 11 is 3.39. The number of hydrogen-bond donors (Lipinski definition) is 0. The van der Waals surface area contributed by atoms with E-state index in [1.807, 2.05) is 0 Å². The molecule has 39 heavy (non-hydrogen) atoms. The van der Waals surface area contributed by atoms with E-state index >= 15 is 0 Å². The Kier molecular flexibility index (Phi) is 7.30. The molecule has 0 atom stereocenters. The first-order chi connectivity index (χ1) is 18.7. The van der Waals surface area contributed by atoms with Crippen LogP contribution in [0, 0.1) is 5.82 Å². The molecule has 10 heteroatoms. The molecule has 0 spiro atoms. The van der Waals surface area contributed by atoms with E-state index in [0.29, 0.717) is 26.9 Å². The molecular weight excluding hydrogens is 578 g/mol. The molecule has 1 aromatic heterocycles. The van der Waals surface area contributed by atoms with Crippen molar-refractivity contribution in [2.24, 2.45) is 5.10 Å². The molecule has 196 valence electrons. The lowest BCUT2D eigenvalue weighted by Crippen LogP contribution is -2.20. The summed E-state index contributed by atoms with van der Waals surface area (Å²) in [7, 11) is 0. The quantitative estimate of drug-likeness (QED) is 0.151. The van der Waals surface area contributed by atoms with Gasteiger partial charge in [0.2, 0.25) is 0 Å². The van der Waals surface area contributed by atoms with Crippen molar-refractivity contribution in [1.82, 2.24) is 9.66 Å². The molecule has 0 saturated heterocycles. The number of benzene rings is 4. The Bertz CT molecular complexity index is 1770. The highest BCUT2D eigenvalue weighted by Gasteiger charge is 2.31. The van der Waals surface area contributed by atoms with Crippen LogP contribution in [0.5, 0.6) is 5.75 Å². The van der Waals surface area contributed by atoms with Crippen molar-refractivity contribution in [2.75, 3.05) is 0 Å². The molecule has 0 unspecified atom stereocenters. The highest BCUT2D eigenvalue weighted by Crippen LogP contribution is 2.32. The number of ether oxygens (including phenoxy) is 1. The van der Waals surface area contributed by atoms with E-state index in [1.54, 1.807) is 60.7 Å². The third-order valence-corrected chi connectivity index (χ3v) is 6.32. The van der Waals surface area contributed by atoms with Crippen LogP contribution in [-0.2, 0) is 12.8 Å². The van der Waals surface area contributed by atoms with Crippen molar-refractivity contribution >= 4 is 33.0 Å². The molecule has 0 radical (unpaired) electrons. The fourth-order valence-corrected chi connectivity index (χ4v) is 4.27. The Morgan fingerprint density at radius 3 is 2.51 bits per heavy atom. The van der Waals surface area contributed by atoms with Crippen LogP contribution in [0.1, 0.15) is 16.7 Å². The molecule has 4 aromatic carbocycles. The largest absolute Gasteiger partial charge is 0.488 e. The maximum atomic E-state index is 14.1. The van der Waals surface area contributed by atoms with Crippen LogP contribution >= 0.6 is 15.9 Å². The average Bonchev–Trinajstić information content (AvgIpc) is 2.92. The molecule has 0 amide bonds. The van der Waals surface area contributed by atoms with Gasteiger partial charge in [-0.3, -0.25) is 4.79 Å². The lowest BCUT2D eigenvalue weighted by molar-refractivity contribution is -0.137. The number of aromatic nitrogens is 2. The molecule has 0 aliphatic carbocycles. The van der Waals surface area contributed by atoms with Gasteiger partial charge in [-0.2, -0.15) is 22.9 Å². The van der Waals surface area contributed by atoms with E-state index in [0.717, 1.165) is 16.8 Å². The molecular formula is C29H18BrF4N3O2. The monoisotopic (exact) mass is 595 g/mol. The normalized spacial score (nSPS) is 11.8. The SMILES string of the molecule is O=c1c2ccccc2nc(-c2cccc(C(F)(F)F)c2)n1N=Cc1cc(Br)ccc1OCc1ccccc1F. The number of para-hydroxylation sites is 1. The second-order valence-corrected chi connectivity index (χ2v) is 9.37. The molecule has 0 N–H and O–H groups in total. The van der Waals surface area contributed by atoms with Gasteiger partial charge in [0.1, 0.15) is 18.2 Å². The number of hydrogen-bond acceptors (Lipinski definition) is 4. The lowest BCUT2D eigenvalue weighted by atomic mass is 10.1. The summed E-state index contributed by atoms with van der Waals surface area (Å²) in [5, 5.41) is 4.58. The van der Waals surface area contributed by atoms with Gasteiger partial charge >= 0.3 is 6.18 Å². The molecule has 0 aliphatic heterocycles. The van der Waals surface area contributed by atoms with Crippen molar-refractivity contribution < 1.29 is 22.3 Å². The van der Waals surface area contributed by atoms with Crippen LogP contribution in [0.25, 0.3) is 22.3 Å². The second-order valence-electron chi connectivity index (χ2n) is 8.45. The molecule has 0 aliphatic rings. The fourth-order valence-electron chi connectivity index (χ4n) is 3.89. The van der Waals surface area contributed by atoms with Crippen molar-refractivity contribution in [1.29, 1.82) is 0 Å². The number of rotatable bonds is 6. The van der Waals surface area contributed by atoms with E-state index < -0.39 is 23.1 Å². The van der Waals surface area contributed by atoms with Crippen molar-refractivity contribution in [3.05, 3.63) is 128 Å². The Labute approximate surface area is 228 Å². The highest BCUT2D eigenvalue weighted by atomic mass is 79.9. The number of alkyl halides is 3. The topological polar surface area (TPSA) is 56.5 Å². The van der Waals surface area contributed by atoms with E-state index in [2.05, 4.69) is 26.0 Å². The van der Waals surface area contributed by atoms with Gasteiger partial charge in [-0.1, -0.05) is 58.4 Å². The molecule has 0 bridgehead atoms. The zero-order valence-electron chi connectivity index (χ0n) is 20.0. The van der Waals surface area contributed by atoms with Gasteiger partial charge in [0.15, 0.2) is 5.82 Å². The summed E-state index contributed by atoms with van der Waals surface area (Å²) in [5.74, 6) is -0.123. The molecule has 5 nitrogen and oxygen atoms in total. The van der Waals surface area contributed by atoms with Gasteiger partial charge < -0.3 is 4.74 Å². The minimum atomic E-state index is -4.58. The molecule has 0 saturated carbocycles. The summed E-state index contributed by atoms with van der Waals surface area (Å²) < 4.78 is 61.8. The summed E-state index contributed by atoms with van der Waals surface area (Å²) in [5.41, 5.74) is -0.268. The average molecular weight is 596 g/mol. The smallest absolute Gasteiger partial charge is 0.416 e. The minimum Gasteiger partial charge on any atom is -0.488 e. The van der Waals surface area contributed by atoms with Crippen LogP contribution in [0.4, 0.5) is 17.6 Å². The predicted molar refractivity (Wildman–Crippen MR) is 144 cm³/mol. The van der Waals surface area contributed by atoms with Gasteiger partial charge in [0, 0.05) is 21.2 Å². The van der Waals surface area contributed by atoms with Crippen LogP contribution in [0.3, 0.4) is 0 Å².